The lowest BCUT2D eigenvalue weighted by Crippen LogP contribution is -2.20. The number of methoxy groups -OCH3 is 1. The number of benzene rings is 2. The quantitative estimate of drug-likeness (QED) is 0.758. The van der Waals surface area contributed by atoms with Gasteiger partial charge in [0.05, 0.1) is 12.6 Å². The minimum Gasteiger partial charge on any atom is -0.496 e. The highest BCUT2D eigenvalue weighted by Crippen LogP contribution is 2.34. The Morgan fingerprint density at radius 2 is 1.96 bits per heavy atom. The summed E-state index contributed by atoms with van der Waals surface area (Å²) >= 11 is 0. The number of aliphatic hydroxyl groups is 1. The molecule has 1 heterocycles. The van der Waals surface area contributed by atoms with Gasteiger partial charge >= 0.3 is 0 Å². The first kappa shape index (κ1) is 15.1. The molecule has 1 unspecified atom stereocenters. The van der Waals surface area contributed by atoms with Crippen LogP contribution in [-0.4, -0.2) is 22.7 Å². The van der Waals surface area contributed by atoms with Crippen molar-refractivity contribution < 1.29 is 14.6 Å². The number of nitrogens with two attached hydrogens (primary N) is 1. The summed E-state index contributed by atoms with van der Waals surface area (Å²) in [6.07, 6.45) is 0.390. The van der Waals surface area contributed by atoms with Crippen molar-refractivity contribution in [2.45, 2.75) is 12.6 Å². The van der Waals surface area contributed by atoms with E-state index < -0.39 is 12.0 Å². The topological polar surface area (TPSA) is 77.5 Å². The number of aromatic nitrogens is 1. The van der Waals surface area contributed by atoms with Crippen LogP contribution in [0.5, 0.6) is 5.75 Å². The molecule has 1 atom stereocenters. The molecule has 0 saturated carbocycles. The van der Waals surface area contributed by atoms with Gasteiger partial charge in [-0.3, -0.25) is 4.79 Å². The van der Waals surface area contributed by atoms with Crippen molar-refractivity contribution in [3.05, 3.63) is 65.9 Å². The second kappa shape index (κ2) is 6.14. The molecule has 0 aliphatic rings. The molecule has 2 aromatic carbocycles. The van der Waals surface area contributed by atoms with E-state index in [0.717, 1.165) is 11.1 Å². The van der Waals surface area contributed by atoms with Crippen LogP contribution in [0, 0.1) is 0 Å². The predicted octanol–water partition coefficient (Wildman–Crippen LogP) is 2.22. The maximum Gasteiger partial charge on any atom is 0.250 e. The highest BCUT2D eigenvalue weighted by atomic mass is 16.5. The Labute approximate surface area is 133 Å². The molecule has 118 valence electrons. The fraction of sp³-hybridized carbons (Fsp3) is 0.167. The number of rotatable bonds is 5. The summed E-state index contributed by atoms with van der Waals surface area (Å²) in [5.74, 6) is -0.181. The van der Waals surface area contributed by atoms with E-state index in [1.807, 2.05) is 47.0 Å². The van der Waals surface area contributed by atoms with Crippen molar-refractivity contribution in [2.75, 3.05) is 7.11 Å². The molecule has 5 nitrogen and oxygen atoms in total. The number of hydrogen-bond acceptors (Lipinski definition) is 3. The highest BCUT2D eigenvalue weighted by molar-refractivity contribution is 5.94. The molecule has 5 heteroatoms. The summed E-state index contributed by atoms with van der Waals surface area (Å²) in [4.78, 5) is 11.4. The first-order valence-corrected chi connectivity index (χ1v) is 7.29. The molecule has 0 aliphatic carbocycles. The van der Waals surface area contributed by atoms with Crippen LogP contribution in [0.4, 0.5) is 0 Å². The second-order valence-corrected chi connectivity index (χ2v) is 5.36. The Hall–Kier alpha value is -2.79. The fourth-order valence-corrected chi connectivity index (χ4v) is 2.79. The minimum absolute atomic E-state index is 0.459. The molecule has 0 spiro atoms. The van der Waals surface area contributed by atoms with E-state index >= 15 is 0 Å². The molecular weight excluding hydrogens is 292 g/mol. The molecule has 23 heavy (non-hydrogen) atoms. The van der Waals surface area contributed by atoms with Crippen LogP contribution in [0.3, 0.4) is 0 Å². The first-order valence-electron chi connectivity index (χ1n) is 7.29. The molecule has 3 aromatic rings. The number of ether oxygens (including phenoxy) is 1. The predicted molar refractivity (Wildman–Crippen MR) is 88.2 cm³/mol. The molecule has 3 rings (SSSR count). The van der Waals surface area contributed by atoms with Crippen molar-refractivity contribution in [1.29, 1.82) is 0 Å². The third kappa shape index (κ3) is 2.78. The Morgan fingerprint density at radius 3 is 2.61 bits per heavy atom. The molecule has 0 fully saturated rings. The van der Waals surface area contributed by atoms with Crippen molar-refractivity contribution >= 4 is 16.8 Å². The van der Waals surface area contributed by atoms with E-state index in [0.29, 0.717) is 23.2 Å². The van der Waals surface area contributed by atoms with Crippen molar-refractivity contribution in [1.82, 2.24) is 4.57 Å². The Balaban J connectivity index is 2.17. The smallest absolute Gasteiger partial charge is 0.250 e. The number of amides is 1. The monoisotopic (exact) mass is 310 g/mol. The van der Waals surface area contributed by atoms with Gasteiger partial charge < -0.3 is 20.1 Å². The fourth-order valence-electron chi connectivity index (χ4n) is 2.79. The van der Waals surface area contributed by atoms with Gasteiger partial charge in [-0.15, -0.1) is 0 Å². The molecule has 0 aliphatic heterocycles. The van der Waals surface area contributed by atoms with Crippen LogP contribution in [0.15, 0.2) is 54.7 Å². The summed E-state index contributed by atoms with van der Waals surface area (Å²) < 4.78 is 7.37. The van der Waals surface area contributed by atoms with Gasteiger partial charge in [-0.25, -0.2) is 0 Å². The Bertz CT molecular complexity index is 840. The largest absolute Gasteiger partial charge is 0.496 e. The lowest BCUT2D eigenvalue weighted by atomic mass is 10.1. The van der Waals surface area contributed by atoms with Gasteiger partial charge in [0, 0.05) is 23.7 Å². The number of aliphatic hydroxyl groups excluding tert-OH is 1. The van der Waals surface area contributed by atoms with Crippen LogP contribution in [-0.2, 0) is 11.3 Å². The SMILES string of the molecule is COc1cccc2c1c(C(O)C(N)=O)cn2Cc1ccccc1. The lowest BCUT2D eigenvalue weighted by Gasteiger charge is -2.08. The zero-order valence-corrected chi connectivity index (χ0v) is 12.8. The maximum absolute atomic E-state index is 11.4. The van der Waals surface area contributed by atoms with Gasteiger partial charge in [0.2, 0.25) is 0 Å². The molecule has 0 bridgehead atoms. The van der Waals surface area contributed by atoms with Crippen LogP contribution >= 0.6 is 0 Å². The lowest BCUT2D eigenvalue weighted by molar-refractivity contribution is -0.126. The Morgan fingerprint density at radius 1 is 1.22 bits per heavy atom. The van der Waals surface area contributed by atoms with E-state index in [1.54, 1.807) is 19.4 Å². The number of fused-ring (bicyclic) bond motifs is 1. The van der Waals surface area contributed by atoms with Gasteiger partial charge in [-0.05, 0) is 17.7 Å². The van der Waals surface area contributed by atoms with Crippen molar-refractivity contribution in [3.8, 4) is 5.75 Å². The van der Waals surface area contributed by atoms with E-state index in [4.69, 9.17) is 10.5 Å². The first-order chi connectivity index (χ1) is 11.1. The Kier molecular flexibility index (Phi) is 4.04. The van der Waals surface area contributed by atoms with Gasteiger partial charge in [-0.2, -0.15) is 0 Å². The van der Waals surface area contributed by atoms with Gasteiger partial charge in [-0.1, -0.05) is 36.4 Å². The maximum atomic E-state index is 11.4. The van der Waals surface area contributed by atoms with Crippen LogP contribution in [0.1, 0.15) is 17.2 Å². The van der Waals surface area contributed by atoms with E-state index in [-0.39, 0.29) is 0 Å². The standard InChI is InChI=1S/C18H18N2O3/c1-23-15-9-5-8-14-16(15)13(17(21)18(19)22)11-20(14)10-12-6-3-2-4-7-12/h2-9,11,17,21H,10H2,1H3,(H2,19,22). The van der Waals surface area contributed by atoms with Crippen LogP contribution < -0.4 is 10.5 Å². The summed E-state index contributed by atoms with van der Waals surface area (Å²) in [6.45, 7) is 0.621. The van der Waals surface area contributed by atoms with Crippen LogP contribution in [0.2, 0.25) is 0 Å². The average molecular weight is 310 g/mol. The minimum atomic E-state index is -1.37. The van der Waals surface area contributed by atoms with E-state index in [1.165, 1.54) is 0 Å². The van der Waals surface area contributed by atoms with E-state index in [2.05, 4.69) is 0 Å². The molecule has 3 N–H and O–H groups in total. The van der Waals surface area contributed by atoms with E-state index in [9.17, 15) is 9.90 Å². The number of nitrogens with zero attached hydrogens (tertiary/aromatic N) is 1. The molecule has 0 radical (unpaired) electrons. The molecule has 0 saturated heterocycles. The number of hydrogen-bond donors (Lipinski definition) is 2. The average Bonchev–Trinajstić information content (AvgIpc) is 2.93. The van der Waals surface area contributed by atoms with Crippen molar-refractivity contribution in [2.24, 2.45) is 5.73 Å². The third-order valence-corrected chi connectivity index (χ3v) is 3.88. The zero-order valence-electron chi connectivity index (χ0n) is 12.8. The molecule has 1 amide bonds. The molecule has 1 aromatic heterocycles. The molecular formula is C18H18N2O3. The highest BCUT2D eigenvalue weighted by Gasteiger charge is 2.22. The summed E-state index contributed by atoms with van der Waals surface area (Å²) in [5.41, 5.74) is 7.73. The third-order valence-electron chi connectivity index (χ3n) is 3.88. The summed E-state index contributed by atoms with van der Waals surface area (Å²) in [6, 6.07) is 15.6. The second-order valence-electron chi connectivity index (χ2n) is 5.36. The number of carbonyl (C=O) groups excluding carboxylic acids is 1. The van der Waals surface area contributed by atoms with Gasteiger partial charge in [0.25, 0.3) is 5.91 Å². The van der Waals surface area contributed by atoms with Gasteiger partial charge in [0.1, 0.15) is 5.75 Å². The van der Waals surface area contributed by atoms with Crippen molar-refractivity contribution in [3.63, 3.8) is 0 Å². The van der Waals surface area contributed by atoms with Crippen LogP contribution in [0.25, 0.3) is 10.9 Å². The van der Waals surface area contributed by atoms with Gasteiger partial charge in [0.15, 0.2) is 6.10 Å². The normalized spacial score (nSPS) is 12.3. The number of carbonyl (C=O) groups is 1. The summed E-state index contributed by atoms with van der Waals surface area (Å²) in [5, 5.41) is 10.9. The zero-order chi connectivity index (χ0) is 16.4. The summed E-state index contributed by atoms with van der Waals surface area (Å²) in [7, 11) is 1.56. The number of primary amides is 1.